The van der Waals surface area contributed by atoms with Crippen LogP contribution >= 0.6 is 0 Å². The number of aromatic nitrogens is 2. The Morgan fingerprint density at radius 2 is 2.40 bits per heavy atom. The van der Waals surface area contributed by atoms with Crippen LogP contribution in [0.25, 0.3) is 0 Å². The Labute approximate surface area is 90.3 Å². The molecule has 2 rings (SSSR count). The van der Waals surface area contributed by atoms with E-state index in [9.17, 15) is 5.11 Å². The van der Waals surface area contributed by atoms with Crippen LogP contribution in [0.15, 0.2) is 12.4 Å². The van der Waals surface area contributed by atoms with Gasteiger partial charge in [-0.05, 0) is 19.8 Å². The maximum atomic E-state index is 10.3. The maximum Gasteiger partial charge on any atom is 0.102 e. The second kappa shape index (κ2) is 3.94. The molecule has 1 saturated carbocycles. The van der Waals surface area contributed by atoms with Gasteiger partial charge >= 0.3 is 0 Å². The van der Waals surface area contributed by atoms with Crippen LogP contribution in [0.4, 0.5) is 0 Å². The van der Waals surface area contributed by atoms with E-state index in [4.69, 9.17) is 0 Å². The number of rotatable bonds is 4. The highest BCUT2D eigenvalue weighted by Gasteiger charge is 2.27. The minimum atomic E-state index is -0.816. The van der Waals surface area contributed by atoms with Crippen LogP contribution in [0, 0.1) is 0 Å². The van der Waals surface area contributed by atoms with Crippen molar-refractivity contribution in [3.05, 3.63) is 18.0 Å². The number of nitrogens with zero attached hydrogens (tertiary/aromatic N) is 2. The minimum Gasteiger partial charge on any atom is -0.384 e. The Morgan fingerprint density at radius 3 is 2.87 bits per heavy atom. The summed E-state index contributed by atoms with van der Waals surface area (Å²) >= 11 is 0. The zero-order valence-corrected chi connectivity index (χ0v) is 9.40. The molecule has 4 heteroatoms. The monoisotopic (exact) mass is 209 g/mol. The first-order valence-corrected chi connectivity index (χ1v) is 5.53. The summed E-state index contributed by atoms with van der Waals surface area (Å²) < 4.78 is 1.72. The van der Waals surface area contributed by atoms with Gasteiger partial charge in [0.1, 0.15) is 5.60 Å². The van der Waals surface area contributed by atoms with Crippen molar-refractivity contribution in [3.63, 3.8) is 0 Å². The van der Waals surface area contributed by atoms with Gasteiger partial charge in [-0.3, -0.25) is 4.68 Å². The van der Waals surface area contributed by atoms with Gasteiger partial charge in [-0.1, -0.05) is 6.42 Å². The lowest BCUT2D eigenvalue weighted by Gasteiger charge is -2.31. The molecule has 1 unspecified atom stereocenters. The Balaban J connectivity index is 1.92. The summed E-state index contributed by atoms with van der Waals surface area (Å²) in [6.07, 6.45) is 7.38. The third-order valence-corrected chi connectivity index (χ3v) is 3.17. The van der Waals surface area contributed by atoms with E-state index < -0.39 is 5.60 Å². The average molecular weight is 209 g/mol. The number of aliphatic hydroxyl groups is 1. The third kappa shape index (κ3) is 2.38. The highest BCUT2D eigenvalue weighted by atomic mass is 16.3. The van der Waals surface area contributed by atoms with Crippen molar-refractivity contribution in [1.82, 2.24) is 15.1 Å². The van der Waals surface area contributed by atoms with E-state index in [0.29, 0.717) is 12.6 Å². The second-order valence-electron chi connectivity index (χ2n) is 4.69. The lowest BCUT2D eigenvalue weighted by Crippen LogP contribution is -2.43. The lowest BCUT2D eigenvalue weighted by atomic mass is 9.91. The highest BCUT2D eigenvalue weighted by Crippen LogP contribution is 2.22. The van der Waals surface area contributed by atoms with Crippen molar-refractivity contribution >= 4 is 0 Å². The molecule has 0 aromatic carbocycles. The summed E-state index contributed by atoms with van der Waals surface area (Å²) in [4.78, 5) is 0. The summed E-state index contributed by atoms with van der Waals surface area (Å²) in [5, 5.41) is 17.7. The number of nitrogens with one attached hydrogen (secondary N) is 1. The van der Waals surface area contributed by atoms with Gasteiger partial charge < -0.3 is 10.4 Å². The first-order chi connectivity index (χ1) is 7.08. The summed E-state index contributed by atoms with van der Waals surface area (Å²) in [5.41, 5.74) is 0.0564. The molecule has 0 bridgehead atoms. The smallest absolute Gasteiger partial charge is 0.102 e. The molecule has 4 nitrogen and oxygen atoms in total. The van der Waals surface area contributed by atoms with Crippen LogP contribution in [-0.4, -0.2) is 27.5 Å². The molecule has 2 N–H and O–H groups in total. The zero-order valence-electron chi connectivity index (χ0n) is 9.40. The Morgan fingerprint density at radius 1 is 1.67 bits per heavy atom. The molecule has 1 aromatic rings. The number of aryl methyl sites for hydroxylation is 1. The molecule has 0 radical (unpaired) electrons. The summed E-state index contributed by atoms with van der Waals surface area (Å²) in [5.74, 6) is 0. The van der Waals surface area contributed by atoms with Gasteiger partial charge in [0.05, 0.1) is 6.20 Å². The zero-order chi connectivity index (χ0) is 10.9. The number of hydrogen-bond donors (Lipinski definition) is 2. The van der Waals surface area contributed by atoms with Gasteiger partial charge in [0.15, 0.2) is 0 Å². The molecule has 0 aliphatic heterocycles. The van der Waals surface area contributed by atoms with Crippen LogP contribution < -0.4 is 5.32 Å². The van der Waals surface area contributed by atoms with Crippen molar-refractivity contribution in [3.8, 4) is 0 Å². The maximum absolute atomic E-state index is 10.3. The van der Waals surface area contributed by atoms with Gasteiger partial charge in [0, 0.05) is 31.4 Å². The van der Waals surface area contributed by atoms with Crippen molar-refractivity contribution < 1.29 is 5.11 Å². The fourth-order valence-corrected chi connectivity index (χ4v) is 1.76. The predicted octanol–water partition coefficient (Wildman–Crippen LogP) is 0.770. The van der Waals surface area contributed by atoms with E-state index in [-0.39, 0.29) is 0 Å². The topological polar surface area (TPSA) is 50.1 Å². The Hall–Kier alpha value is -0.870. The van der Waals surface area contributed by atoms with Crippen LogP contribution in [0.1, 0.15) is 31.7 Å². The van der Waals surface area contributed by atoms with Gasteiger partial charge in [-0.25, -0.2) is 0 Å². The standard InChI is InChI=1S/C11H19N3O/c1-11(15,8-12-10-4-3-5-10)9-6-13-14(2)7-9/h6-7,10,12,15H,3-5,8H2,1-2H3. The van der Waals surface area contributed by atoms with Crippen LogP contribution in [-0.2, 0) is 12.6 Å². The van der Waals surface area contributed by atoms with Crippen molar-refractivity contribution in [1.29, 1.82) is 0 Å². The van der Waals surface area contributed by atoms with Crippen LogP contribution in [0.3, 0.4) is 0 Å². The van der Waals surface area contributed by atoms with E-state index in [0.717, 1.165) is 5.56 Å². The number of hydrogen-bond acceptors (Lipinski definition) is 3. The molecule has 1 aliphatic rings. The fraction of sp³-hybridized carbons (Fsp3) is 0.727. The molecule has 84 valence electrons. The van der Waals surface area contributed by atoms with E-state index in [1.165, 1.54) is 19.3 Å². The van der Waals surface area contributed by atoms with E-state index in [2.05, 4.69) is 10.4 Å². The molecular formula is C11H19N3O. The molecule has 1 heterocycles. The first-order valence-electron chi connectivity index (χ1n) is 5.53. The summed E-state index contributed by atoms with van der Waals surface area (Å²) in [6, 6.07) is 0.605. The Kier molecular flexibility index (Phi) is 2.80. The molecule has 1 aliphatic carbocycles. The molecule has 1 aromatic heterocycles. The quantitative estimate of drug-likeness (QED) is 0.770. The van der Waals surface area contributed by atoms with Crippen LogP contribution in [0.2, 0.25) is 0 Å². The molecule has 0 saturated heterocycles. The lowest BCUT2D eigenvalue weighted by molar-refractivity contribution is 0.0502. The van der Waals surface area contributed by atoms with E-state index >= 15 is 0 Å². The predicted molar refractivity (Wildman–Crippen MR) is 58.4 cm³/mol. The third-order valence-electron chi connectivity index (χ3n) is 3.17. The second-order valence-corrected chi connectivity index (χ2v) is 4.69. The molecule has 1 atom stereocenters. The molecule has 0 amide bonds. The first kappa shape index (κ1) is 10.6. The molecule has 1 fully saturated rings. The SMILES string of the molecule is Cn1cc(C(C)(O)CNC2CCC2)cn1. The molecule has 0 spiro atoms. The van der Waals surface area contributed by atoms with Gasteiger partial charge in [-0.15, -0.1) is 0 Å². The summed E-state index contributed by atoms with van der Waals surface area (Å²) in [6.45, 7) is 2.43. The van der Waals surface area contributed by atoms with Crippen LogP contribution in [0.5, 0.6) is 0 Å². The van der Waals surface area contributed by atoms with Gasteiger partial charge in [0.2, 0.25) is 0 Å². The van der Waals surface area contributed by atoms with Crippen molar-refractivity contribution in [2.24, 2.45) is 7.05 Å². The fourth-order valence-electron chi connectivity index (χ4n) is 1.76. The van der Waals surface area contributed by atoms with Crippen molar-refractivity contribution in [2.75, 3.05) is 6.54 Å². The largest absolute Gasteiger partial charge is 0.384 e. The Bertz CT molecular complexity index is 328. The summed E-state index contributed by atoms with van der Waals surface area (Å²) in [7, 11) is 1.86. The molecule has 15 heavy (non-hydrogen) atoms. The van der Waals surface area contributed by atoms with Gasteiger partial charge in [-0.2, -0.15) is 5.10 Å². The minimum absolute atomic E-state index is 0.601. The highest BCUT2D eigenvalue weighted by molar-refractivity contribution is 5.14. The van der Waals surface area contributed by atoms with Gasteiger partial charge in [0.25, 0.3) is 0 Å². The van der Waals surface area contributed by atoms with E-state index in [1.807, 2.05) is 20.2 Å². The molecular weight excluding hydrogens is 190 g/mol. The normalized spacial score (nSPS) is 21.0. The van der Waals surface area contributed by atoms with Crippen molar-refractivity contribution in [2.45, 2.75) is 37.8 Å². The van der Waals surface area contributed by atoms with E-state index in [1.54, 1.807) is 10.9 Å². The average Bonchev–Trinajstić information content (AvgIpc) is 2.49.